The van der Waals surface area contributed by atoms with Gasteiger partial charge in [0.05, 0.1) is 21.3 Å². The van der Waals surface area contributed by atoms with Crippen LogP contribution in [0.4, 0.5) is 0 Å². The van der Waals surface area contributed by atoms with Gasteiger partial charge in [0.1, 0.15) is 4.87 Å². The number of aromatic nitrogens is 4. The Morgan fingerprint density at radius 2 is 1.71 bits per heavy atom. The third kappa shape index (κ3) is 4.56. The van der Waals surface area contributed by atoms with E-state index in [1.54, 1.807) is 36.4 Å². The zero-order chi connectivity index (χ0) is 27.0. The number of nitrogens with one attached hydrogen (secondary N) is 1. The highest BCUT2D eigenvalue weighted by molar-refractivity contribution is 7.12. The van der Waals surface area contributed by atoms with Crippen molar-refractivity contribution in [3.63, 3.8) is 0 Å². The molecule has 11 heteroatoms. The Balaban J connectivity index is 1.78. The van der Waals surface area contributed by atoms with Crippen molar-refractivity contribution in [1.29, 1.82) is 0 Å². The van der Waals surface area contributed by atoms with Gasteiger partial charge in [-0.25, -0.2) is 14.6 Å². The number of aromatic amines is 1. The lowest BCUT2D eigenvalue weighted by molar-refractivity contribution is 0.0685. The Morgan fingerprint density at radius 1 is 1.00 bits per heavy atom. The molecule has 190 valence electrons. The first kappa shape index (κ1) is 25.6. The molecular weight excluding hydrogens is 547 g/mol. The van der Waals surface area contributed by atoms with Gasteiger partial charge < -0.3 is 5.11 Å². The molecule has 0 spiro atoms. The van der Waals surface area contributed by atoms with Crippen LogP contribution in [0.2, 0.25) is 5.02 Å². The molecule has 0 amide bonds. The van der Waals surface area contributed by atoms with Crippen molar-refractivity contribution >= 4 is 40.5 Å². The molecule has 0 aliphatic carbocycles. The van der Waals surface area contributed by atoms with Crippen LogP contribution in [-0.4, -0.2) is 30.8 Å². The molecule has 8 nitrogen and oxygen atoms in total. The zero-order valence-electron chi connectivity index (χ0n) is 19.7. The minimum absolute atomic E-state index is 0.215. The molecule has 0 aliphatic heterocycles. The van der Waals surface area contributed by atoms with Gasteiger partial charge in [-0.05, 0) is 42.3 Å². The number of H-pyrrole nitrogens is 1. The largest absolute Gasteiger partial charge is 0.476 e. The molecule has 5 aromatic rings. The summed E-state index contributed by atoms with van der Waals surface area (Å²) in [4.78, 5) is 42.2. The summed E-state index contributed by atoms with van der Waals surface area (Å²) in [5, 5.41) is 14.5. The van der Waals surface area contributed by atoms with Crippen molar-refractivity contribution in [2.24, 2.45) is 0 Å². The second-order valence-corrected chi connectivity index (χ2v) is 10.5. The minimum Gasteiger partial charge on any atom is -0.476 e. The predicted molar refractivity (Wildman–Crippen MR) is 147 cm³/mol. The topological polar surface area (TPSA) is 118 Å². The molecule has 0 aliphatic rings. The van der Waals surface area contributed by atoms with Gasteiger partial charge in [-0.15, -0.1) is 22.9 Å². The second-order valence-electron chi connectivity index (χ2n) is 8.32. The van der Waals surface area contributed by atoms with Crippen molar-refractivity contribution in [3.8, 4) is 16.9 Å². The van der Waals surface area contributed by atoms with Crippen LogP contribution in [0, 0.1) is 6.92 Å². The zero-order valence-corrected chi connectivity index (χ0v) is 22.0. The summed E-state index contributed by atoms with van der Waals surface area (Å²) in [6.07, 6.45) is 0. The van der Waals surface area contributed by atoms with E-state index in [1.807, 2.05) is 54.4 Å². The van der Waals surface area contributed by atoms with Gasteiger partial charge in [0.2, 0.25) is 5.69 Å². The minimum atomic E-state index is -1.56. The van der Waals surface area contributed by atoms with Crippen LogP contribution in [0.3, 0.4) is 0 Å². The van der Waals surface area contributed by atoms with Crippen molar-refractivity contribution in [2.75, 3.05) is 0 Å². The first-order valence-corrected chi connectivity index (χ1v) is 12.8. The molecule has 3 aromatic carbocycles. The predicted octanol–water partition coefficient (Wildman–Crippen LogP) is 5.24. The Morgan fingerprint density at radius 3 is 2.39 bits per heavy atom. The summed E-state index contributed by atoms with van der Waals surface area (Å²) >= 11 is 15.2. The van der Waals surface area contributed by atoms with E-state index in [0.29, 0.717) is 21.8 Å². The van der Waals surface area contributed by atoms with Crippen molar-refractivity contribution < 1.29 is 9.90 Å². The summed E-state index contributed by atoms with van der Waals surface area (Å²) < 4.78 is 0.823. The molecule has 1 unspecified atom stereocenters. The molecule has 0 fully saturated rings. The van der Waals surface area contributed by atoms with Crippen LogP contribution < -0.4 is 11.2 Å². The first-order chi connectivity index (χ1) is 18.2. The van der Waals surface area contributed by atoms with Crippen molar-refractivity contribution in [2.45, 2.75) is 11.8 Å². The van der Waals surface area contributed by atoms with Gasteiger partial charge in [0.25, 0.3) is 5.56 Å². The van der Waals surface area contributed by atoms with Crippen molar-refractivity contribution in [1.82, 2.24) is 19.7 Å². The Bertz CT molecular complexity index is 1780. The number of aromatic carboxylic acids is 1. The number of aryl methyl sites for hydroxylation is 1. The maximum absolute atomic E-state index is 12.6. The number of hydrogen-bond donors (Lipinski definition) is 2. The average Bonchev–Trinajstić information content (AvgIpc) is 3.31. The quantitative estimate of drug-likeness (QED) is 0.272. The third-order valence-electron chi connectivity index (χ3n) is 5.86. The summed E-state index contributed by atoms with van der Waals surface area (Å²) in [6.45, 7) is 1.90. The molecule has 5 rings (SSSR count). The molecule has 2 N–H and O–H groups in total. The highest BCUT2D eigenvalue weighted by atomic mass is 35.5. The number of benzene rings is 3. The number of rotatable bonds is 6. The number of carboxylic acids is 1. The maximum atomic E-state index is 12.6. The normalized spacial score (nSPS) is 12.7. The van der Waals surface area contributed by atoms with Gasteiger partial charge in [0, 0.05) is 10.6 Å². The number of carboxylic acid groups (broad SMARTS) is 1. The Labute approximate surface area is 229 Å². The fourth-order valence-electron chi connectivity index (χ4n) is 4.13. The van der Waals surface area contributed by atoms with E-state index < -0.39 is 27.8 Å². The number of hydrogen-bond acceptors (Lipinski definition) is 6. The van der Waals surface area contributed by atoms with E-state index >= 15 is 0 Å². The van der Waals surface area contributed by atoms with E-state index in [2.05, 4.69) is 5.10 Å². The van der Waals surface area contributed by atoms with Gasteiger partial charge >= 0.3 is 11.7 Å². The van der Waals surface area contributed by atoms with E-state index in [1.165, 1.54) is 11.3 Å². The molecule has 0 bridgehead atoms. The highest BCUT2D eigenvalue weighted by Gasteiger charge is 2.39. The lowest BCUT2D eigenvalue weighted by Gasteiger charge is -2.29. The fraction of sp³-hybridized carbons (Fsp3) is 0.0741. The van der Waals surface area contributed by atoms with Crippen LogP contribution in [-0.2, 0) is 4.87 Å². The van der Waals surface area contributed by atoms with Gasteiger partial charge in [-0.2, -0.15) is 9.78 Å². The van der Waals surface area contributed by atoms with Crippen LogP contribution in [0.25, 0.3) is 16.9 Å². The van der Waals surface area contributed by atoms with Gasteiger partial charge in [0.15, 0.2) is 0 Å². The van der Waals surface area contributed by atoms with Crippen LogP contribution >= 0.6 is 34.5 Å². The van der Waals surface area contributed by atoms with Crippen LogP contribution in [0.1, 0.15) is 31.5 Å². The molecule has 1 atom stereocenters. The molecular formula is C27H18Cl2N4O4S. The van der Waals surface area contributed by atoms with Gasteiger partial charge in [-0.3, -0.25) is 9.78 Å². The van der Waals surface area contributed by atoms with E-state index in [0.717, 1.165) is 20.1 Å². The lowest BCUT2D eigenvalue weighted by atomic mass is 9.87. The third-order valence-corrected chi connectivity index (χ3v) is 7.94. The summed E-state index contributed by atoms with van der Waals surface area (Å²) in [5.41, 5.74) is 0.286. The maximum Gasteiger partial charge on any atom is 0.362 e. The molecule has 0 saturated heterocycles. The number of thiazole rings is 1. The smallest absolute Gasteiger partial charge is 0.362 e. The number of carbonyl (C=O) groups is 1. The first-order valence-electron chi connectivity index (χ1n) is 11.2. The molecule has 2 aromatic heterocycles. The molecule has 38 heavy (non-hydrogen) atoms. The number of halogens is 2. The Hall–Kier alpha value is -4.05. The SMILES string of the molecule is Cc1nc(-c2ccccc2)c(C(Cl)(c2ccc(Cl)cc2)c2cccc(-n3nc(C(=O)O)c(=O)[nH]c3=O)c2)s1. The van der Waals surface area contributed by atoms with E-state index in [4.69, 9.17) is 28.2 Å². The standard InChI is InChI=1S/C27H18Cl2N4O4S/c1-15-30-21(16-6-3-2-4-7-16)23(38-15)27(29,17-10-12-19(28)13-11-17)18-8-5-9-20(14-18)33-26(37)31-24(34)22(32-33)25(35)36/h2-14H,1H3,(H,35,36)(H,31,34,37). The van der Waals surface area contributed by atoms with Crippen LogP contribution in [0.15, 0.2) is 88.5 Å². The molecule has 0 saturated carbocycles. The average molecular weight is 565 g/mol. The second kappa shape index (κ2) is 10.0. The number of nitrogens with zero attached hydrogens (tertiary/aromatic N) is 3. The number of alkyl halides is 1. The van der Waals surface area contributed by atoms with Crippen molar-refractivity contribution in [3.05, 3.63) is 131 Å². The van der Waals surface area contributed by atoms with Crippen LogP contribution in [0.5, 0.6) is 0 Å². The summed E-state index contributed by atoms with van der Waals surface area (Å²) in [6, 6.07) is 23.4. The summed E-state index contributed by atoms with van der Waals surface area (Å²) in [7, 11) is 0. The molecule has 2 heterocycles. The fourth-order valence-corrected chi connectivity index (χ4v) is 5.77. The highest BCUT2D eigenvalue weighted by Crippen LogP contribution is 2.49. The summed E-state index contributed by atoms with van der Waals surface area (Å²) in [5.74, 6) is -1.56. The molecule has 0 radical (unpaired) electrons. The monoisotopic (exact) mass is 564 g/mol. The van der Waals surface area contributed by atoms with Gasteiger partial charge in [-0.1, -0.05) is 66.2 Å². The van der Waals surface area contributed by atoms with E-state index in [-0.39, 0.29) is 5.69 Å². The van der Waals surface area contributed by atoms with E-state index in [9.17, 15) is 19.5 Å². The lowest BCUT2D eigenvalue weighted by Crippen LogP contribution is -2.35. The Kier molecular flexibility index (Phi) is 6.75.